The Kier molecular flexibility index (Phi) is 6.73. The van der Waals surface area contributed by atoms with Gasteiger partial charge in [0.15, 0.2) is 11.5 Å². The van der Waals surface area contributed by atoms with Crippen molar-refractivity contribution in [2.24, 2.45) is 0 Å². The van der Waals surface area contributed by atoms with Crippen LogP contribution in [-0.4, -0.2) is 42.1 Å². The molecule has 1 saturated heterocycles. The molecule has 36 heavy (non-hydrogen) atoms. The summed E-state index contributed by atoms with van der Waals surface area (Å²) in [6, 6.07) is 19.6. The number of nitro benzene ring substituents is 1. The lowest BCUT2D eigenvalue weighted by Crippen LogP contribution is -2.46. The minimum Gasteiger partial charge on any atom is -0.493 e. The van der Waals surface area contributed by atoms with Crippen LogP contribution in [0.15, 0.2) is 66.7 Å². The molecule has 9 heteroatoms. The number of ether oxygens (including phenoxy) is 3. The van der Waals surface area contributed by atoms with Crippen LogP contribution >= 0.6 is 0 Å². The molecule has 0 radical (unpaired) electrons. The number of nitrogens with zero attached hydrogens (tertiary/aromatic N) is 2. The van der Waals surface area contributed by atoms with E-state index in [0.717, 1.165) is 18.4 Å². The molecule has 2 aliphatic rings. The molecule has 2 aliphatic heterocycles. The molecule has 0 unspecified atom stereocenters. The van der Waals surface area contributed by atoms with Gasteiger partial charge in [-0.1, -0.05) is 42.5 Å². The second kappa shape index (κ2) is 10.2. The van der Waals surface area contributed by atoms with Crippen molar-refractivity contribution in [3.8, 4) is 11.5 Å². The van der Waals surface area contributed by atoms with Crippen LogP contribution in [0.25, 0.3) is 0 Å². The second-order valence-corrected chi connectivity index (χ2v) is 8.78. The molecule has 2 heterocycles. The number of anilines is 1. The van der Waals surface area contributed by atoms with Crippen molar-refractivity contribution in [1.29, 1.82) is 0 Å². The number of nitrogens with one attached hydrogen (secondary N) is 1. The lowest BCUT2D eigenvalue weighted by atomic mass is 10.0. The average molecular weight is 490 g/mol. The van der Waals surface area contributed by atoms with E-state index in [9.17, 15) is 14.9 Å². The first-order valence-corrected chi connectivity index (χ1v) is 11.9. The van der Waals surface area contributed by atoms with Gasteiger partial charge in [-0.25, -0.2) is 0 Å². The van der Waals surface area contributed by atoms with Crippen LogP contribution in [0, 0.1) is 10.1 Å². The van der Waals surface area contributed by atoms with E-state index in [0.29, 0.717) is 35.7 Å². The van der Waals surface area contributed by atoms with Crippen LogP contribution in [-0.2, 0) is 11.3 Å². The molecule has 186 valence electrons. The first kappa shape index (κ1) is 23.6. The van der Waals surface area contributed by atoms with Gasteiger partial charge in [0.05, 0.1) is 35.3 Å². The van der Waals surface area contributed by atoms with E-state index in [1.54, 1.807) is 29.2 Å². The number of hydrogen-bond acceptors (Lipinski definition) is 7. The molecule has 1 N–H and O–H groups in total. The zero-order valence-corrected chi connectivity index (χ0v) is 19.9. The number of hydrogen-bond donors (Lipinski definition) is 1. The van der Waals surface area contributed by atoms with Gasteiger partial charge in [-0.15, -0.1) is 0 Å². The molecule has 1 fully saturated rings. The molecule has 1 amide bonds. The van der Waals surface area contributed by atoms with Crippen molar-refractivity contribution in [2.75, 3.05) is 25.6 Å². The third-order valence-corrected chi connectivity index (χ3v) is 6.49. The van der Waals surface area contributed by atoms with Crippen LogP contribution < -0.4 is 14.8 Å². The van der Waals surface area contributed by atoms with Gasteiger partial charge < -0.3 is 24.4 Å². The first-order chi connectivity index (χ1) is 17.5. The van der Waals surface area contributed by atoms with E-state index >= 15 is 0 Å². The SMILES string of the molecule is COc1cc([C@H]2Nc3ccccc3C(=O)N2C[C@@H]2CCCO2)c([N+](=O)[O-])cc1OCc1ccccc1. The largest absolute Gasteiger partial charge is 0.493 e. The number of methoxy groups -OCH3 is 1. The van der Waals surface area contributed by atoms with Gasteiger partial charge in [0.2, 0.25) is 0 Å². The highest BCUT2D eigenvalue weighted by molar-refractivity contribution is 6.01. The molecule has 0 saturated carbocycles. The minimum absolute atomic E-state index is 0.127. The summed E-state index contributed by atoms with van der Waals surface area (Å²) in [5.74, 6) is 0.393. The fourth-order valence-corrected chi connectivity index (χ4v) is 4.68. The zero-order chi connectivity index (χ0) is 25.1. The minimum atomic E-state index is -0.783. The highest BCUT2D eigenvalue weighted by Crippen LogP contribution is 2.42. The average Bonchev–Trinajstić information content (AvgIpc) is 3.42. The van der Waals surface area contributed by atoms with E-state index in [1.165, 1.54) is 13.2 Å². The summed E-state index contributed by atoms with van der Waals surface area (Å²) in [6.07, 6.45) is 0.838. The predicted octanol–water partition coefficient (Wildman–Crippen LogP) is 4.93. The monoisotopic (exact) mass is 489 g/mol. The Bertz CT molecular complexity index is 1260. The van der Waals surface area contributed by atoms with Gasteiger partial charge in [0.1, 0.15) is 12.8 Å². The Morgan fingerprint density at radius 1 is 1.11 bits per heavy atom. The summed E-state index contributed by atoms with van der Waals surface area (Å²) in [4.78, 5) is 26.9. The number of rotatable bonds is 8. The molecule has 3 aromatic carbocycles. The fraction of sp³-hybridized carbons (Fsp3) is 0.296. The molecule has 0 aromatic heterocycles. The molecule has 9 nitrogen and oxygen atoms in total. The van der Waals surface area contributed by atoms with Crippen LogP contribution in [0.1, 0.15) is 40.5 Å². The summed E-state index contributed by atoms with van der Waals surface area (Å²) < 4.78 is 17.3. The van der Waals surface area contributed by atoms with E-state index in [2.05, 4.69) is 5.32 Å². The quantitative estimate of drug-likeness (QED) is 0.354. The smallest absolute Gasteiger partial charge is 0.280 e. The molecule has 2 atom stereocenters. The summed E-state index contributed by atoms with van der Waals surface area (Å²) in [5, 5.41) is 15.6. The third kappa shape index (κ3) is 4.70. The van der Waals surface area contributed by atoms with E-state index < -0.39 is 11.1 Å². The number of benzene rings is 3. The Balaban J connectivity index is 1.54. The Labute approximate surface area is 208 Å². The normalized spacial score (nSPS) is 18.9. The Hall–Kier alpha value is -4.11. The summed E-state index contributed by atoms with van der Waals surface area (Å²) in [7, 11) is 1.49. The van der Waals surface area contributed by atoms with Crippen LogP contribution in [0.5, 0.6) is 11.5 Å². The van der Waals surface area contributed by atoms with Crippen molar-refractivity contribution in [1.82, 2.24) is 4.90 Å². The molecule has 0 bridgehead atoms. The zero-order valence-electron chi connectivity index (χ0n) is 19.9. The lowest BCUT2D eigenvalue weighted by Gasteiger charge is -2.39. The molecule has 3 aromatic rings. The highest BCUT2D eigenvalue weighted by atomic mass is 16.6. The first-order valence-electron chi connectivity index (χ1n) is 11.9. The van der Waals surface area contributed by atoms with E-state index in [-0.39, 0.29) is 30.1 Å². The predicted molar refractivity (Wildman–Crippen MR) is 133 cm³/mol. The lowest BCUT2D eigenvalue weighted by molar-refractivity contribution is -0.386. The highest BCUT2D eigenvalue weighted by Gasteiger charge is 2.39. The maximum absolute atomic E-state index is 13.6. The molecule has 5 rings (SSSR count). The summed E-state index contributed by atoms with van der Waals surface area (Å²) >= 11 is 0. The maximum atomic E-state index is 13.6. The summed E-state index contributed by atoms with van der Waals surface area (Å²) in [5.41, 5.74) is 2.20. The second-order valence-electron chi connectivity index (χ2n) is 8.78. The van der Waals surface area contributed by atoms with Gasteiger partial charge in [0, 0.05) is 18.8 Å². The van der Waals surface area contributed by atoms with Crippen LogP contribution in [0.2, 0.25) is 0 Å². The van der Waals surface area contributed by atoms with Gasteiger partial charge in [0.25, 0.3) is 11.6 Å². The number of carbonyl (C=O) groups is 1. The number of para-hydroxylation sites is 1. The Morgan fingerprint density at radius 2 is 1.89 bits per heavy atom. The van der Waals surface area contributed by atoms with E-state index in [1.807, 2.05) is 36.4 Å². The standard InChI is InChI=1S/C27H27N3O6/c1-34-24-14-21(23(30(32)33)15-25(24)36-17-18-8-3-2-4-9-18)26-28-22-12-6-5-11-20(22)27(31)29(26)16-19-10-7-13-35-19/h2-6,8-9,11-12,14-15,19,26,28H,7,10,13,16-17H2,1H3/t19-,26-/m0/s1. The number of amides is 1. The van der Waals surface area contributed by atoms with E-state index in [4.69, 9.17) is 14.2 Å². The van der Waals surface area contributed by atoms with Gasteiger partial charge in [-0.05, 0) is 36.6 Å². The van der Waals surface area contributed by atoms with Gasteiger partial charge in [-0.3, -0.25) is 14.9 Å². The molecular weight excluding hydrogens is 462 g/mol. The fourth-order valence-electron chi connectivity index (χ4n) is 4.68. The summed E-state index contributed by atoms with van der Waals surface area (Å²) in [6.45, 7) is 1.19. The molecule has 0 spiro atoms. The maximum Gasteiger partial charge on any atom is 0.280 e. The van der Waals surface area contributed by atoms with Crippen molar-refractivity contribution < 1.29 is 23.9 Å². The molecule has 0 aliphatic carbocycles. The van der Waals surface area contributed by atoms with Crippen molar-refractivity contribution in [3.63, 3.8) is 0 Å². The van der Waals surface area contributed by atoms with Crippen LogP contribution in [0.3, 0.4) is 0 Å². The number of nitro groups is 1. The Morgan fingerprint density at radius 3 is 2.61 bits per heavy atom. The van der Waals surface area contributed by atoms with Crippen molar-refractivity contribution in [2.45, 2.75) is 31.7 Å². The van der Waals surface area contributed by atoms with Crippen molar-refractivity contribution >= 4 is 17.3 Å². The third-order valence-electron chi connectivity index (χ3n) is 6.49. The van der Waals surface area contributed by atoms with Crippen molar-refractivity contribution in [3.05, 3.63) is 93.5 Å². The topological polar surface area (TPSA) is 103 Å². The van der Waals surface area contributed by atoms with Gasteiger partial charge in [-0.2, -0.15) is 0 Å². The number of carbonyl (C=O) groups excluding carboxylic acids is 1. The van der Waals surface area contributed by atoms with Gasteiger partial charge >= 0.3 is 0 Å². The van der Waals surface area contributed by atoms with Crippen LogP contribution in [0.4, 0.5) is 11.4 Å². The molecular formula is C27H27N3O6. The number of fused-ring (bicyclic) bond motifs is 1.